The minimum Gasteiger partial charge on any atom is -0.258 e. The van der Waals surface area contributed by atoms with E-state index in [0.717, 1.165) is 11.3 Å². The van der Waals surface area contributed by atoms with Crippen LogP contribution in [0.1, 0.15) is 13.8 Å². The highest BCUT2D eigenvalue weighted by molar-refractivity contribution is 5.71. The molecule has 0 amide bonds. The van der Waals surface area contributed by atoms with Crippen molar-refractivity contribution in [2.24, 2.45) is 4.99 Å². The second kappa shape index (κ2) is 6.35. The molecule has 0 bridgehead atoms. The highest BCUT2D eigenvalue weighted by atomic mass is 14.7. The summed E-state index contributed by atoms with van der Waals surface area (Å²) in [5.41, 5.74) is 1.88. The Bertz CT molecular complexity index is 242. The van der Waals surface area contributed by atoms with Gasteiger partial charge in [-0.2, -0.15) is 0 Å². The summed E-state index contributed by atoms with van der Waals surface area (Å²) in [6.07, 6.45) is 9.16. The molecular weight excluding hydrogens is 146 g/mol. The van der Waals surface area contributed by atoms with Gasteiger partial charge in [0, 0.05) is 6.21 Å². The van der Waals surface area contributed by atoms with Gasteiger partial charge in [0.15, 0.2) is 0 Å². The standard InChI is InChI=1S/C11H15N/c1-5-7-10(3)9-11(4)12-8-6-2/h5-9H,2,4H2,1,3H3/b7-5-,10-9+,12-8?. The fourth-order valence-electron chi connectivity index (χ4n) is 0.760. The van der Waals surface area contributed by atoms with Crippen LogP contribution in [0.5, 0.6) is 0 Å². The Labute approximate surface area is 74.5 Å². The molecule has 0 aliphatic heterocycles. The van der Waals surface area contributed by atoms with E-state index in [1.54, 1.807) is 12.3 Å². The van der Waals surface area contributed by atoms with Crippen molar-refractivity contribution in [3.63, 3.8) is 0 Å². The highest BCUT2D eigenvalue weighted by Crippen LogP contribution is 2.02. The van der Waals surface area contributed by atoms with Gasteiger partial charge in [0.25, 0.3) is 0 Å². The summed E-state index contributed by atoms with van der Waals surface area (Å²) in [6, 6.07) is 0. The number of rotatable bonds is 4. The Kier molecular flexibility index (Phi) is 5.62. The van der Waals surface area contributed by atoms with Crippen LogP contribution < -0.4 is 0 Å². The van der Waals surface area contributed by atoms with Crippen LogP contribution in [0.2, 0.25) is 0 Å². The largest absolute Gasteiger partial charge is 0.258 e. The van der Waals surface area contributed by atoms with E-state index in [1.165, 1.54) is 0 Å². The minimum absolute atomic E-state index is 0.741. The van der Waals surface area contributed by atoms with Crippen LogP contribution in [-0.4, -0.2) is 6.21 Å². The maximum atomic E-state index is 4.02. The Morgan fingerprint density at radius 2 is 2.08 bits per heavy atom. The molecule has 0 aromatic carbocycles. The van der Waals surface area contributed by atoms with Crippen molar-refractivity contribution in [3.05, 3.63) is 48.7 Å². The van der Waals surface area contributed by atoms with Crippen LogP contribution in [0.25, 0.3) is 0 Å². The van der Waals surface area contributed by atoms with Crippen LogP contribution >= 0.6 is 0 Å². The molecule has 1 nitrogen and oxygen atoms in total. The quantitative estimate of drug-likeness (QED) is 0.443. The SMILES string of the molecule is C=CC=NC(=C)/C=C(C)/C=C\C. The molecule has 0 aliphatic carbocycles. The Hall–Kier alpha value is -1.37. The molecule has 0 saturated heterocycles. The van der Waals surface area contributed by atoms with E-state index in [4.69, 9.17) is 0 Å². The fraction of sp³-hybridized carbons (Fsp3) is 0.182. The predicted octanol–water partition coefficient (Wildman–Crippen LogP) is 3.28. The van der Waals surface area contributed by atoms with Gasteiger partial charge in [-0.3, -0.25) is 4.99 Å². The summed E-state index contributed by atoms with van der Waals surface area (Å²) in [4.78, 5) is 4.02. The lowest BCUT2D eigenvalue weighted by Crippen LogP contribution is -1.73. The molecule has 0 aliphatic rings. The summed E-state index contributed by atoms with van der Waals surface area (Å²) < 4.78 is 0. The minimum atomic E-state index is 0.741. The Morgan fingerprint density at radius 1 is 1.42 bits per heavy atom. The van der Waals surface area contributed by atoms with E-state index in [9.17, 15) is 0 Å². The normalized spacial score (nSPS) is 12.7. The molecule has 0 heterocycles. The predicted molar refractivity (Wildman–Crippen MR) is 56.4 cm³/mol. The fourth-order valence-corrected chi connectivity index (χ4v) is 0.760. The van der Waals surface area contributed by atoms with E-state index < -0.39 is 0 Å². The number of hydrogen-bond acceptors (Lipinski definition) is 1. The molecule has 0 atom stereocenters. The molecule has 0 aromatic heterocycles. The third kappa shape index (κ3) is 5.42. The van der Waals surface area contributed by atoms with Gasteiger partial charge in [0.2, 0.25) is 0 Å². The van der Waals surface area contributed by atoms with E-state index in [-0.39, 0.29) is 0 Å². The van der Waals surface area contributed by atoms with Crippen molar-refractivity contribution in [1.82, 2.24) is 0 Å². The van der Waals surface area contributed by atoms with Crippen molar-refractivity contribution >= 4 is 6.21 Å². The van der Waals surface area contributed by atoms with Crippen LogP contribution in [0.3, 0.4) is 0 Å². The summed E-state index contributed by atoms with van der Waals surface area (Å²) in [6.45, 7) is 11.3. The smallest absolute Gasteiger partial charge is 0.0560 e. The molecule has 12 heavy (non-hydrogen) atoms. The van der Waals surface area contributed by atoms with Crippen molar-refractivity contribution < 1.29 is 0 Å². The first-order valence-corrected chi connectivity index (χ1v) is 3.85. The van der Waals surface area contributed by atoms with Gasteiger partial charge in [-0.05, 0) is 25.5 Å². The molecule has 0 unspecified atom stereocenters. The first-order valence-electron chi connectivity index (χ1n) is 3.85. The lowest BCUT2D eigenvalue weighted by atomic mass is 10.2. The number of allylic oxidation sites excluding steroid dienone is 5. The van der Waals surface area contributed by atoms with Crippen molar-refractivity contribution in [2.75, 3.05) is 0 Å². The van der Waals surface area contributed by atoms with Crippen LogP contribution in [0.4, 0.5) is 0 Å². The monoisotopic (exact) mass is 161 g/mol. The maximum Gasteiger partial charge on any atom is 0.0560 e. The van der Waals surface area contributed by atoms with E-state index in [0.29, 0.717) is 0 Å². The van der Waals surface area contributed by atoms with Gasteiger partial charge in [-0.25, -0.2) is 0 Å². The Morgan fingerprint density at radius 3 is 2.58 bits per heavy atom. The van der Waals surface area contributed by atoms with Gasteiger partial charge in [-0.15, -0.1) is 0 Å². The maximum absolute atomic E-state index is 4.02. The van der Waals surface area contributed by atoms with Crippen LogP contribution in [0, 0.1) is 0 Å². The number of hydrogen-bond donors (Lipinski definition) is 0. The molecular formula is C11H15N. The summed E-state index contributed by atoms with van der Waals surface area (Å²) in [5.74, 6) is 0. The second-order valence-corrected chi connectivity index (χ2v) is 2.39. The molecule has 0 N–H and O–H groups in total. The third-order valence-corrected chi connectivity index (χ3v) is 1.17. The summed E-state index contributed by atoms with van der Waals surface area (Å²) in [7, 11) is 0. The zero-order chi connectivity index (χ0) is 9.40. The average Bonchev–Trinajstić information content (AvgIpc) is 2.01. The molecule has 64 valence electrons. The molecule has 0 rings (SSSR count). The van der Waals surface area contributed by atoms with Gasteiger partial charge < -0.3 is 0 Å². The lowest BCUT2D eigenvalue weighted by molar-refractivity contribution is 1.39. The van der Waals surface area contributed by atoms with Gasteiger partial charge >= 0.3 is 0 Å². The first-order chi connectivity index (χ1) is 5.70. The third-order valence-electron chi connectivity index (χ3n) is 1.17. The summed E-state index contributed by atoms with van der Waals surface area (Å²) >= 11 is 0. The van der Waals surface area contributed by atoms with Crippen molar-refractivity contribution in [3.8, 4) is 0 Å². The second-order valence-electron chi connectivity index (χ2n) is 2.39. The van der Waals surface area contributed by atoms with Crippen LogP contribution in [0.15, 0.2) is 53.7 Å². The van der Waals surface area contributed by atoms with Crippen molar-refractivity contribution in [1.29, 1.82) is 0 Å². The lowest BCUT2D eigenvalue weighted by Gasteiger charge is -1.91. The molecule has 0 radical (unpaired) electrons. The van der Waals surface area contributed by atoms with E-state index in [2.05, 4.69) is 18.2 Å². The van der Waals surface area contributed by atoms with Gasteiger partial charge in [0.1, 0.15) is 0 Å². The van der Waals surface area contributed by atoms with E-state index in [1.807, 2.05) is 32.1 Å². The van der Waals surface area contributed by atoms with Crippen molar-refractivity contribution in [2.45, 2.75) is 13.8 Å². The van der Waals surface area contributed by atoms with E-state index >= 15 is 0 Å². The Balaban J connectivity index is 4.23. The average molecular weight is 161 g/mol. The molecule has 0 aromatic rings. The zero-order valence-electron chi connectivity index (χ0n) is 7.75. The van der Waals surface area contributed by atoms with Gasteiger partial charge in [0.05, 0.1) is 5.70 Å². The molecule has 0 spiro atoms. The number of aliphatic imine (C=N–C) groups is 1. The first kappa shape index (κ1) is 10.6. The van der Waals surface area contributed by atoms with Gasteiger partial charge in [-0.1, -0.05) is 31.4 Å². The molecule has 0 saturated carbocycles. The molecule has 0 fully saturated rings. The van der Waals surface area contributed by atoms with Crippen LogP contribution in [-0.2, 0) is 0 Å². The zero-order valence-corrected chi connectivity index (χ0v) is 7.75. The summed E-state index contributed by atoms with van der Waals surface area (Å²) in [5, 5.41) is 0. The number of nitrogens with zero attached hydrogens (tertiary/aromatic N) is 1. The highest BCUT2D eigenvalue weighted by Gasteiger charge is 1.83. The topological polar surface area (TPSA) is 12.4 Å². The molecule has 1 heteroatoms.